The minimum absolute atomic E-state index is 0.0539. The third-order valence-electron chi connectivity index (χ3n) is 7.25. The Morgan fingerprint density at radius 1 is 0.694 bits per heavy atom. The van der Waals surface area contributed by atoms with Crippen molar-refractivity contribution in [2.24, 2.45) is 0 Å². The van der Waals surface area contributed by atoms with Gasteiger partial charge in [0, 0.05) is 56.1 Å². The molecule has 3 aliphatic rings. The van der Waals surface area contributed by atoms with Crippen molar-refractivity contribution < 1.29 is 22.7 Å². The van der Waals surface area contributed by atoms with Gasteiger partial charge < -0.3 is 14.5 Å². The van der Waals surface area contributed by atoms with E-state index in [0.29, 0.717) is 26.2 Å². The molecule has 5 rings (SSSR count). The van der Waals surface area contributed by atoms with Crippen LogP contribution in [0.4, 0.5) is 5.69 Å². The van der Waals surface area contributed by atoms with Crippen molar-refractivity contribution in [2.45, 2.75) is 25.7 Å². The lowest BCUT2D eigenvalue weighted by Gasteiger charge is -2.37. The predicted octanol–water partition coefficient (Wildman–Crippen LogP) is 3.31. The fourth-order valence-corrected chi connectivity index (χ4v) is 6.98. The molecule has 0 spiro atoms. The van der Waals surface area contributed by atoms with Crippen LogP contribution in [0.25, 0.3) is 0 Å². The number of carbonyl (C=O) groups is 2. The number of anilines is 1. The minimum Gasteiger partial charge on any atom is -0.497 e. The van der Waals surface area contributed by atoms with E-state index in [1.165, 1.54) is 4.31 Å². The van der Waals surface area contributed by atoms with Gasteiger partial charge >= 0.3 is 0 Å². The summed E-state index contributed by atoms with van der Waals surface area (Å²) in [5.41, 5.74) is 1.48. The van der Waals surface area contributed by atoms with Crippen molar-refractivity contribution >= 4 is 27.3 Å². The molecule has 0 radical (unpaired) electrons. The molecule has 9 heteroatoms. The van der Waals surface area contributed by atoms with E-state index in [2.05, 4.69) is 4.90 Å². The van der Waals surface area contributed by atoms with Crippen molar-refractivity contribution in [1.29, 1.82) is 0 Å². The van der Waals surface area contributed by atoms with Crippen LogP contribution in [0.15, 0.2) is 59.1 Å². The molecule has 190 valence electrons. The van der Waals surface area contributed by atoms with Gasteiger partial charge in [0.25, 0.3) is 0 Å². The Labute approximate surface area is 212 Å². The molecule has 2 saturated heterocycles. The number of likely N-dealkylation sites (tertiary alicyclic amines) is 1. The molecule has 8 nitrogen and oxygen atoms in total. The van der Waals surface area contributed by atoms with E-state index in [9.17, 15) is 18.0 Å². The largest absolute Gasteiger partial charge is 0.497 e. The first-order valence-electron chi connectivity index (χ1n) is 12.5. The first kappa shape index (κ1) is 24.5. The van der Waals surface area contributed by atoms with Gasteiger partial charge in [0.2, 0.25) is 21.6 Å². The van der Waals surface area contributed by atoms with Crippen LogP contribution < -0.4 is 9.64 Å². The van der Waals surface area contributed by atoms with Crippen molar-refractivity contribution in [1.82, 2.24) is 9.21 Å². The van der Waals surface area contributed by atoms with E-state index in [1.807, 2.05) is 29.2 Å². The van der Waals surface area contributed by atoms with Crippen molar-refractivity contribution in [3.05, 3.63) is 70.3 Å². The number of rotatable bonds is 5. The SMILES string of the molecule is COc1ccc(N2CCN(S(=O)(=O)C3=C(N4CCCCCC4)C(=O)c4ccccc4C3=O)CC2)cc1. The summed E-state index contributed by atoms with van der Waals surface area (Å²) in [5.74, 6) is -0.196. The van der Waals surface area contributed by atoms with Gasteiger partial charge in [-0.1, -0.05) is 37.1 Å². The van der Waals surface area contributed by atoms with E-state index in [1.54, 1.807) is 31.4 Å². The number of methoxy groups -OCH3 is 1. The van der Waals surface area contributed by atoms with E-state index in [4.69, 9.17) is 4.74 Å². The number of hydrogen-bond acceptors (Lipinski definition) is 7. The highest BCUT2D eigenvalue weighted by atomic mass is 32.2. The van der Waals surface area contributed by atoms with Crippen LogP contribution >= 0.6 is 0 Å². The maximum absolute atomic E-state index is 14.0. The molecule has 2 aromatic carbocycles. The molecule has 0 N–H and O–H groups in total. The zero-order valence-electron chi connectivity index (χ0n) is 20.5. The van der Waals surface area contributed by atoms with Gasteiger partial charge in [0.05, 0.1) is 7.11 Å². The Morgan fingerprint density at radius 2 is 1.28 bits per heavy atom. The number of piperazine rings is 1. The van der Waals surface area contributed by atoms with E-state index in [-0.39, 0.29) is 40.6 Å². The Bertz CT molecular complexity index is 1290. The number of allylic oxidation sites excluding steroid dienone is 2. The lowest BCUT2D eigenvalue weighted by Crippen LogP contribution is -2.50. The summed E-state index contributed by atoms with van der Waals surface area (Å²) in [4.78, 5) is 30.9. The van der Waals surface area contributed by atoms with Crippen LogP contribution in [0.3, 0.4) is 0 Å². The number of hydrogen-bond donors (Lipinski definition) is 0. The number of nitrogens with zero attached hydrogens (tertiary/aromatic N) is 3. The summed E-state index contributed by atoms with van der Waals surface area (Å²) in [6.45, 7) is 2.57. The molecule has 0 atom stereocenters. The smallest absolute Gasteiger partial charge is 0.249 e. The van der Waals surface area contributed by atoms with Gasteiger partial charge in [0.1, 0.15) is 11.4 Å². The average molecular weight is 510 g/mol. The maximum Gasteiger partial charge on any atom is 0.249 e. The standard InChI is InChI=1S/C27H31N3O5S/c1-35-21-12-10-20(11-13-21)28-16-18-30(19-17-28)36(33,34)27-24(29-14-6-2-3-7-15-29)25(31)22-8-4-5-9-23(22)26(27)32/h4-5,8-13H,2-3,6-7,14-19H2,1H3. The molecule has 2 fully saturated rings. The van der Waals surface area contributed by atoms with Crippen LogP contribution in [0, 0.1) is 0 Å². The number of Topliss-reactive ketones (excluding diaryl/α,β-unsaturated/α-hetero) is 2. The topological polar surface area (TPSA) is 87.2 Å². The molecule has 1 aliphatic carbocycles. The molecule has 0 bridgehead atoms. The number of fused-ring (bicyclic) bond motifs is 1. The summed E-state index contributed by atoms with van der Waals surface area (Å²) in [7, 11) is -2.57. The summed E-state index contributed by atoms with van der Waals surface area (Å²) >= 11 is 0. The molecule has 2 heterocycles. The van der Waals surface area contributed by atoms with Crippen LogP contribution in [0.5, 0.6) is 5.75 Å². The lowest BCUT2D eigenvalue weighted by molar-refractivity contribution is 0.0946. The van der Waals surface area contributed by atoms with Gasteiger partial charge in [-0.25, -0.2) is 8.42 Å². The van der Waals surface area contributed by atoms with Gasteiger partial charge in [0.15, 0.2) is 4.91 Å². The first-order valence-corrected chi connectivity index (χ1v) is 13.9. The van der Waals surface area contributed by atoms with Crippen molar-refractivity contribution in [2.75, 3.05) is 51.3 Å². The van der Waals surface area contributed by atoms with Crippen LogP contribution in [0.1, 0.15) is 46.4 Å². The molecule has 2 aromatic rings. The van der Waals surface area contributed by atoms with Crippen molar-refractivity contribution in [3.63, 3.8) is 0 Å². The predicted molar refractivity (Wildman–Crippen MR) is 138 cm³/mol. The fraction of sp³-hybridized carbons (Fsp3) is 0.407. The number of sulfonamides is 1. The zero-order valence-corrected chi connectivity index (χ0v) is 21.3. The molecule has 0 aromatic heterocycles. The third kappa shape index (κ3) is 4.41. The van der Waals surface area contributed by atoms with E-state index in [0.717, 1.165) is 37.1 Å². The van der Waals surface area contributed by atoms with Gasteiger partial charge in [-0.05, 0) is 37.1 Å². The van der Waals surface area contributed by atoms with Crippen LogP contribution in [-0.2, 0) is 10.0 Å². The maximum atomic E-state index is 14.0. The highest BCUT2D eigenvalue weighted by Gasteiger charge is 2.44. The first-order chi connectivity index (χ1) is 17.4. The Kier molecular flexibility index (Phi) is 6.85. The second-order valence-corrected chi connectivity index (χ2v) is 11.2. The summed E-state index contributed by atoms with van der Waals surface area (Å²) in [6.07, 6.45) is 3.77. The lowest BCUT2D eigenvalue weighted by atomic mass is 9.91. The molecule has 36 heavy (non-hydrogen) atoms. The summed E-state index contributed by atoms with van der Waals surface area (Å²) in [5, 5.41) is 0. The highest BCUT2D eigenvalue weighted by molar-refractivity contribution is 7.94. The summed E-state index contributed by atoms with van der Waals surface area (Å²) < 4.78 is 34.6. The Morgan fingerprint density at radius 3 is 1.86 bits per heavy atom. The van der Waals surface area contributed by atoms with Gasteiger partial charge in [-0.15, -0.1) is 0 Å². The van der Waals surface area contributed by atoms with E-state index >= 15 is 0 Å². The number of carbonyl (C=O) groups excluding carboxylic acids is 2. The molecule has 0 saturated carbocycles. The van der Waals surface area contributed by atoms with Gasteiger partial charge in [-0.2, -0.15) is 4.31 Å². The zero-order chi connectivity index (χ0) is 25.3. The molecular weight excluding hydrogens is 478 g/mol. The fourth-order valence-electron chi connectivity index (χ4n) is 5.27. The van der Waals surface area contributed by atoms with Gasteiger partial charge in [-0.3, -0.25) is 9.59 Å². The second-order valence-electron chi connectivity index (χ2n) is 9.37. The molecule has 0 unspecified atom stereocenters. The minimum atomic E-state index is -4.18. The number of ketones is 2. The normalized spacial score (nSPS) is 19.8. The number of ether oxygens (including phenoxy) is 1. The number of benzene rings is 2. The van der Waals surface area contributed by atoms with Crippen LogP contribution in [-0.4, -0.2) is 75.6 Å². The van der Waals surface area contributed by atoms with Crippen LogP contribution in [0.2, 0.25) is 0 Å². The molecule has 2 aliphatic heterocycles. The monoisotopic (exact) mass is 509 g/mol. The highest BCUT2D eigenvalue weighted by Crippen LogP contribution is 2.34. The average Bonchev–Trinajstić information content (AvgIpc) is 3.20. The van der Waals surface area contributed by atoms with E-state index < -0.39 is 15.8 Å². The second kappa shape index (κ2) is 10.1. The third-order valence-corrected chi connectivity index (χ3v) is 9.19. The van der Waals surface area contributed by atoms with Crippen molar-refractivity contribution in [3.8, 4) is 5.75 Å². The quantitative estimate of drug-likeness (QED) is 0.611. The Balaban J connectivity index is 1.47. The summed E-state index contributed by atoms with van der Waals surface area (Å²) in [6, 6.07) is 14.2. The molecule has 0 amide bonds. The Hall–Kier alpha value is -3.17. The molecular formula is C27H31N3O5S.